The number of amides is 4. The molecule has 0 atom stereocenters. The molecule has 4 aliphatic rings. The molecule has 176 valence electrons. The highest BCUT2D eigenvalue weighted by Crippen LogP contribution is 2.60. The number of carbonyl (C=O) groups is 4. The number of rotatable bonds is 4. The SMILES string of the molecule is CC(=O)NC12CC3(NC(C)=O)CC(NC(C)=O)(C1)CC(NC(C)=O)(C2)C3.O.O.O.O. The predicted octanol–water partition coefficient (Wildman–Crippen LogP) is -3.43. The zero-order valence-corrected chi connectivity index (χ0v) is 17.9. The van der Waals surface area contributed by atoms with Crippen molar-refractivity contribution in [1.29, 1.82) is 0 Å². The fourth-order valence-electron chi connectivity index (χ4n) is 6.66. The van der Waals surface area contributed by atoms with E-state index in [1.54, 1.807) is 0 Å². The van der Waals surface area contributed by atoms with Crippen molar-refractivity contribution >= 4 is 23.6 Å². The van der Waals surface area contributed by atoms with E-state index in [2.05, 4.69) is 21.3 Å². The molecule has 0 saturated heterocycles. The quantitative estimate of drug-likeness (QED) is 0.351. The maximum absolute atomic E-state index is 11.9. The predicted molar refractivity (Wildman–Crippen MR) is 108 cm³/mol. The zero-order chi connectivity index (χ0) is 19.4. The molecule has 4 rings (SSSR count). The molecule has 4 amide bonds. The summed E-state index contributed by atoms with van der Waals surface area (Å²) in [7, 11) is 0. The summed E-state index contributed by atoms with van der Waals surface area (Å²) in [6.45, 7) is 5.89. The van der Waals surface area contributed by atoms with Gasteiger partial charge in [0, 0.05) is 49.9 Å². The van der Waals surface area contributed by atoms with Gasteiger partial charge in [0.2, 0.25) is 23.6 Å². The molecule has 4 aliphatic carbocycles. The summed E-state index contributed by atoms with van der Waals surface area (Å²) >= 11 is 0. The third kappa shape index (κ3) is 5.45. The molecule has 0 aliphatic heterocycles. The van der Waals surface area contributed by atoms with Crippen molar-refractivity contribution in [3.8, 4) is 0 Å². The summed E-state index contributed by atoms with van der Waals surface area (Å²) in [4.78, 5) is 47.7. The fourth-order valence-corrected chi connectivity index (χ4v) is 6.66. The highest BCUT2D eigenvalue weighted by Gasteiger charge is 2.69. The Kier molecular flexibility index (Phi) is 9.22. The lowest BCUT2D eigenvalue weighted by atomic mass is 9.44. The molecular formula is C18H36N4O8. The van der Waals surface area contributed by atoms with Gasteiger partial charge in [-0.05, 0) is 38.5 Å². The second-order valence-electron chi connectivity index (χ2n) is 8.91. The smallest absolute Gasteiger partial charge is 0.217 e. The lowest BCUT2D eigenvalue weighted by Crippen LogP contribution is -2.83. The summed E-state index contributed by atoms with van der Waals surface area (Å²) in [5, 5.41) is 12.4. The van der Waals surface area contributed by atoms with E-state index in [0.29, 0.717) is 38.5 Å². The highest BCUT2D eigenvalue weighted by molar-refractivity contribution is 5.78. The average Bonchev–Trinajstić information content (AvgIpc) is 2.28. The topological polar surface area (TPSA) is 242 Å². The van der Waals surface area contributed by atoms with Gasteiger partial charge in [-0.15, -0.1) is 0 Å². The van der Waals surface area contributed by atoms with Crippen LogP contribution in [0.3, 0.4) is 0 Å². The van der Waals surface area contributed by atoms with E-state index >= 15 is 0 Å². The number of nitrogens with one attached hydrogen (secondary N) is 4. The van der Waals surface area contributed by atoms with Crippen LogP contribution in [0.15, 0.2) is 0 Å². The zero-order valence-electron chi connectivity index (χ0n) is 17.9. The van der Waals surface area contributed by atoms with Crippen molar-refractivity contribution in [3.63, 3.8) is 0 Å². The molecule has 0 aromatic carbocycles. The molecule has 12 heteroatoms. The molecule has 30 heavy (non-hydrogen) atoms. The van der Waals surface area contributed by atoms with Crippen LogP contribution < -0.4 is 21.3 Å². The molecule has 12 nitrogen and oxygen atoms in total. The van der Waals surface area contributed by atoms with Crippen molar-refractivity contribution in [2.24, 2.45) is 0 Å². The van der Waals surface area contributed by atoms with Gasteiger partial charge in [-0.2, -0.15) is 0 Å². The Morgan fingerprint density at radius 1 is 0.433 bits per heavy atom. The van der Waals surface area contributed by atoms with Gasteiger partial charge in [-0.3, -0.25) is 19.2 Å². The Labute approximate surface area is 175 Å². The standard InChI is InChI=1S/C18H28N4O4.4H2O/c1-11(23)19-15-5-16(20-12(2)24)8-17(6-15,21-13(3)25)10-18(7-15,9-16)22-14(4)26;;;;/h5-10H2,1-4H3,(H,19,23)(H,20,24)(H,21,25)(H,22,26);4*1H2. The van der Waals surface area contributed by atoms with E-state index in [4.69, 9.17) is 0 Å². The highest BCUT2D eigenvalue weighted by atomic mass is 16.2. The van der Waals surface area contributed by atoms with Crippen LogP contribution in [0.1, 0.15) is 66.2 Å². The Hall–Kier alpha value is -2.28. The Balaban J connectivity index is 0. The number of carbonyl (C=O) groups excluding carboxylic acids is 4. The van der Waals surface area contributed by atoms with Crippen LogP contribution in [0.2, 0.25) is 0 Å². The maximum Gasteiger partial charge on any atom is 0.217 e. The molecule has 0 spiro atoms. The van der Waals surface area contributed by atoms with Gasteiger partial charge in [-0.25, -0.2) is 0 Å². The van der Waals surface area contributed by atoms with Gasteiger partial charge >= 0.3 is 0 Å². The fraction of sp³-hybridized carbons (Fsp3) is 0.778. The normalized spacial score (nSPS) is 34.5. The van der Waals surface area contributed by atoms with Crippen molar-refractivity contribution in [3.05, 3.63) is 0 Å². The molecule has 0 heterocycles. The van der Waals surface area contributed by atoms with Gasteiger partial charge in [0.1, 0.15) is 0 Å². The summed E-state index contributed by atoms with van der Waals surface area (Å²) in [5.41, 5.74) is -2.30. The van der Waals surface area contributed by atoms with Gasteiger partial charge in [-0.1, -0.05) is 0 Å². The Morgan fingerprint density at radius 3 is 0.667 bits per heavy atom. The first kappa shape index (κ1) is 29.9. The van der Waals surface area contributed by atoms with E-state index in [9.17, 15) is 19.2 Å². The van der Waals surface area contributed by atoms with E-state index in [1.807, 2.05) is 0 Å². The van der Waals surface area contributed by atoms with Gasteiger partial charge < -0.3 is 43.2 Å². The first-order valence-electron chi connectivity index (χ1n) is 9.06. The third-order valence-corrected chi connectivity index (χ3v) is 5.83. The van der Waals surface area contributed by atoms with E-state index < -0.39 is 22.2 Å². The van der Waals surface area contributed by atoms with E-state index in [1.165, 1.54) is 27.7 Å². The summed E-state index contributed by atoms with van der Waals surface area (Å²) < 4.78 is 0. The lowest BCUT2D eigenvalue weighted by molar-refractivity contribution is -0.145. The monoisotopic (exact) mass is 436 g/mol. The molecule has 4 bridgehead atoms. The molecule has 4 saturated carbocycles. The van der Waals surface area contributed by atoms with Crippen LogP contribution in [0, 0.1) is 0 Å². The van der Waals surface area contributed by atoms with E-state index in [-0.39, 0.29) is 45.5 Å². The summed E-state index contributed by atoms with van der Waals surface area (Å²) in [5.74, 6) is -0.608. The second kappa shape index (κ2) is 9.25. The minimum absolute atomic E-state index is 0. The van der Waals surface area contributed by atoms with Crippen LogP contribution in [0.5, 0.6) is 0 Å². The molecule has 0 radical (unpaired) electrons. The molecule has 0 unspecified atom stereocenters. The minimum atomic E-state index is -0.575. The first-order chi connectivity index (χ1) is 11.9. The van der Waals surface area contributed by atoms with Crippen LogP contribution in [-0.2, 0) is 19.2 Å². The lowest BCUT2D eigenvalue weighted by Gasteiger charge is -2.70. The molecule has 12 N–H and O–H groups in total. The van der Waals surface area contributed by atoms with Crippen LogP contribution >= 0.6 is 0 Å². The molecule has 0 aromatic heterocycles. The van der Waals surface area contributed by atoms with Crippen molar-refractivity contribution in [2.45, 2.75) is 88.4 Å². The third-order valence-electron chi connectivity index (χ3n) is 5.83. The van der Waals surface area contributed by atoms with Crippen molar-refractivity contribution < 1.29 is 41.1 Å². The Morgan fingerprint density at radius 2 is 0.567 bits per heavy atom. The molecule has 0 aromatic rings. The first-order valence-corrected chi connectivity index (χ1v) is 9.06. The number of hydrogen-bond donors (Lipinski definition) is 4. The van der Waals surface area contributed by atoms with Crippen molar-refractivity contribution in [2.75, 3.05) is 0 Å². The van der Waals surface area contributed by atoms with Gasteiger partial charge in [0.25, 0.3) is 0 Å². The average molecular weight is 437 g/mol. The van der Waals surface area contributed by atoms with Gasteiger partial charge in [0.05, 0.1) is 0 Å². The summed E-state index contributed by atoms with van der Waals surface area (Å²) in [6, 6.07) is 0. The maximum atomic E-state index is 11.9. The van der Waals surface area contributed by atoms with Gasteiger partial charge in [0.15, 0.2) is 0 Å². The van der Waals surface area contributed by atoms with Crippen LogP contribution in [0.25, 0.3) is 0 Å². The van der Waals surface area contributed by atoms with Crippen LogP contribution in [0.4, 0.5) is 0 Å². The van der Waals surface area contributed by atoms with Crippen molar-refractivity contribution in [1.82, 2.24) is 21.3 Å². The second-order valence-corrected chi connectivity index (χ2v) is 8.91. The summed E-state index contributed by atoms with van der Waals surface area (Å²) in [6.07, 6.45) is 3.59. The van der Waals surface area contributed by atoms with Crippen LogP contribution in [-0.4, -0.2) is 67.7 Å². The molecular weight excluding hydrogens is 400 g/mol. The molecule has 4 fully saturated rings. The van der Waals surface area contributed by atoms with E-state index in [0.717, 1.165) is 0 Å². The minimum Gasteiger partial charge on any atom is -0.412 e. The largest absolute Gasteiger partial charge is 0.412 e. The Bertz CT molecular complexity index is 546. The number of hydrogen-bond acceptors (Lipinski definition) is 4.